The number of carbonyl (C=O) groups excluding carboxylic acids is 1. The van der Waals surface area contributed by atoms with Gasteiger partial charge in [0.05, 0.1) is 5.75 Å². The molecule has 20 heavy (non-hydrogen) atoms. The second-order valence-corrected chi connectivity index (χ2v) is 5.06. The van der Waals surface area contributed by atoms with E-state index in [4.69, 9.17) is 0 Å². The fourth-order valence-electron chi connectivity index (χ4n) is 1.77. The van der Waals surface area contributed by atoms with E-state index < -0.39 is 0 Å². The monoisotopic (exact) mass is 284 g/mol. The van der Waals surface area contributed by atoms with Gasteiger partial charge in [0.15, 0.2) is 10.8 Å². The van der Waals surface area contributed by atoms with Gasteiger partial charge in [0, 0.05) is 11.9 Å². The van der Waals surface area contributed by atoms with E-state index >= 15 is 0 Å². The molecule has 2 aromatic heterocycles. The van der Waals surface area contributed by atoms with Gasteiger partial charge in [-0.3, -0.25) is 9.20 Å². The van der Waals surface area contributed by atoms with Gasteiger partial charge in [-0.05, 0) is 24.3 Å². The lowest BCUT2D eigenvalue weighted by molar-refractivity contribution is -0.113. The van der Waals surface area contributed by atoms with Gasteiger partial charge in [-0.15, -0.1) is 10.2 Å². The topological polar surface area (TPSA) is 59.3 Å². The molecule has 0 fully saturated rings. The highest BCUT2D eigenvalue weighted by atomic mass is 32.2. The average Bonchev–Trinajstić information content (AvgIpc) is 2.89. The number of hydrogen-bond donors (Lipinski definition) is 1. The van der Waals surface area contributed by atoms with E-state index in [9.17, 15) is 4.79 Å². The van der Waals surface area contributed by atoms with Crippen molar-refractivity contribution in [2.24, 2.45) is 0 Å². The van der Waals surface area contributed by atoms with Crippen LogP contribution in [0.3, 0.4) is 0 Å². The molecule has 3 aromatic rings. The first-order valence-corrected chi connectivity index (χ1v) is 7.09. The van der Waals surface area contributed by atoms with Crippen LogP contribution in [0.2, 0.25) is 0 Å². The van der Waals surface area contributed by atoms with Gasteiger partial charge in [-0.25, -0.2) is 0 Å². The molecule has 0 atom stereocenters. The molecular weight excluding hydrogens is 272 g/mol. The third kappa shape index (κ3) is 2.80. The maximum atomic E-state index is 11.9. The Hall–Kier alpha value is -2.34. The van der Waals surface area contributed by atoms with Crippen LogP contribution in [0.25, 0.3) is 5.65 Å². The molecule has 100 valence electrons. The van der Waals surface area contributed by atoms with Crippen molar-refractivity contribution in [3.8, 4) is 0 Å². The standard InChI is InChI=1S/C14H12N4OS/c19-13(15-11-6-2-1-3-7-11)10-20-14-17-16-12-8-4-5-9-18(12)14/h1-9H,10H2,(H,15,19). The Morgan fingerprint density at radius 3 is 2.75 bits per heavy atom. The lowest BCUT2D eigenvalue weighted by atomic mass is 10.3. The third-order valence-corrected chi connectivity index (χ3v) is 3.62. The molecule has 0 aliphatic carbocycles. The van der Waals surface area contributed by atoms with E-state index in [1.807, 2.05) is 59.1 Å². The second-order valence-electron chi connectivity index (χ2n) is 4.11. The van der Waals surface area contributed by atoms with Crippen LogP contribution in [-0.4, -0.2) is 26.3 Å². The number of carbonyl (C=O) groups is 1. The van der Waals surface area contributed by atoms with E-state index in [-0.39, 0.29) is 5.91 Å². The molecule has 0 aliphatic heterocycles. The summed E-state index contributed by atoms with van der Waals surface area (Å²) in [5, 5.41) is 11.7. The number of hydrogen-bond acceptors (Lipinski definition) is 4. The van der Waals surface area contributed by atoms with E-state index in [0.717, 1.165) is 11.3 Å². The van der Waals surface area contributed by atoms with Crippen LogP contribution in [0.4, 0.5) is 5.69 Å². The molecule has 3 rings (SSSR count). The number of amides is 1. The van der Waals surface area contributed by atoms with E-state index in [0.29, 0.717) is 10.9 Å². The third-order valence-electron chi connectivity index (χ3n) is 2.67. The smallest absolute Gasteiger partial charge is 0.234 e. The summed E-state index contributed by atoms with van der Waals surface area (Å²) in [7, 11) is 0. The summed E-state index contributed by atoms with van der Waals surface area (Å²) >= 11 is 1.36. The van der Waals surface area contributed by atoms with E-state index in [1.165, 1.54) is 11.8 Å². The van der Waals surface area contributed by atoms with Crippen LogP contribution >= 0.6 is 11.8 Å². The summed E-state index contributed by atoms with van der Waals surface area (Å²) in [5.74, 6) is 0.235. The summed E-state index contributed by atoms with van der Waals surface area (Å²) in [6.45, 7) is 0. The number of thioether (sulfide) groups is 1. The number of anilines is 1. The molecule has 1 aromatic carbocycles. The normalized spacial score (nSPS) is 10.6. The van der Waals surface area contributed by atoms with Crippen LogP contribution in [0.1, 0.15) is 0 Å². The van der Waals surface area contributed by atoms with Crippen molar-refractivity contribution in [3.05, 3.63) is 54.7 Å². The first-order valence-electron chi connectivity index (χ1n) is 6.10. The molecule has 0 radical (unpaired) electrons. The molecule has 1 N–H and O–H groups in total. The molecule has 5 nitrogen and oxygen atoms in total. The molecule has 6 heteroatoms. The summed E-state index contributed by atoms with van der Waals surface area (Å²) in [6, 6.07) is 15.1. The van der Waals surface area contributed by atoms with Crippen molar-refractivity contribution in [1.82, 2.24) is 14.6 Å². The van der Waals surface area contributed by atoms with Crippen molar-refractivity contribution < 1.29 is 4.79 Å². The number of pyridine rings is 1. The molecular formula is C14H12N4OS. The Bertz CT molecular complexity index is 726. The van der Waals surface area contributed by atoms with Crippen LogP contribution in [0, 0.1) is 0 Å². The first-order chi connectivity index (χ1) is 9.83. The zero-order chi connectivity index (χ0) is 13.8. The number of para-hydroxylation sites is 1. The molecule has 0 unspecified atom stereocenters. The van der Waals surface area contributed by atoms with Crippen molar-refractivity contribution in [3.63, 3.8) is 0 Å². The molecule has 1 amide bonds. The SMILES string of the molecule is O=C(CSc1nnc2ccccn12)Nc1ccccc1. The second kappa shape index (κ2) is 5.75. The average molecular weight is 284 g/mol. The minimum atomic E-state index is -0.0612. The van der Waals surface area contributed by atoms with E-state index in [1.54, 1.807) is 0 Å². The fraction of sp³-hybridized carbons (Fsp3) is 0.0714. The lowest BCUT2D eigenvalue weighted by Crippen LogP contribution is -2.14. The van der Waals surface area contributed by atoms with Crippen molar-refractivity contribution in [1.29, 1.82) is 0 Å². The Balaban J connectivity index is 1.63. The van der Waals surface area contributed by atoms with Crippen LogP contribution < -0.4 is 5.32 Å². The van der Waals surface area contributed by atoms with Crippen molar-refractivity contribution >= 4 is 29.0 Å². The minimum Gasteiger partial charge on any atom is -0.325 e. The minimum absolute atomic E-state index is 0.0612. The summed E-state index contributed by atoms with van der Waals surface area (Å²) in [4.78, 5) is 11.9. The van der Waals surface area contributed by atoms with Gasteiger partial charge in [0.2, 0.25) is 5.91 Å². The quantitative estimate of drug-likeness (QED) is 0.748. The van der Waals surface area contributed by atoms with Gasteiger partial charge < -0.3 is 5.32 Å². The molecule has 0 saturated heterocycles. The zero-order valence-corrected chi connectivity index (χ0v) is 11.4. The van der Waals surface area contributed by atoms with E-state index in [2.05, 4.69) is 15.5 Å². The molecule has 0 saturated carbocycles. The molecule has 0 bridgehead atoms. The highest BCUT2D eigenvalue weighted by Gasteiger charge is 2.08. The Morgan fingerprint density at radius 2 is 1.90 bits per heavy atom. The molecule has 2 heterocycles. The van der Waals surface area contributed by atoms with Gasteiger partial charge in [-0.1, -0.05) is 36.0 Å². The fourth-order valence-corrected chi connectivity index (χ4v) is 2.49. The van der Waals surface area contributed by atoms with Gasteiger partial charge in [0.1, 0.15) is 0 Å². The summed E-state index contributed by atoms with van der Waals surface area (Å²) in [6.07, 6.45) is 1.88. The van der Waals surface area contributed by atoms with Crippen LogP contribution in [0.5, 0.6) is 0 Å². The van der Waals surface area contributed by atoms with Crippen molar-refractivity contribution in [2.75, 3.05) is 11.1 Å². The number of fused-ring (bicyclic) bond motifs is 1. The van der Waals surface area contributed by atoms with Gasteiger partial charge in [0.25, 0.3) is 0 Å². The lowest BCUT2D eigenvalue weighted by Gasteiger charge is -2.03. The predicted octanol–water partition coefficient (Wildman–Crippen LogP) is 2.46. The highest BCUT2D eigenvalue weighted by molar-refractivity contribution is 7.99. The number of benzene rings is 1. The number of nitrogens with zero attached hydrogens (tertiary/aromatic N) is 3. The number of nitrogens with one attached hydrogen (secondary N) is 1. The number of aromatic nitrogens is 3. The van der Waals surface area contributed by atoms with Crippen LogP contribution in [-0.2, 0) is 4.79 Å². The van der Waals surface area contributed by atoms with Gasteiger partial charge in [-0.2, -0.15) is 0 Å². The van der Waals surface area contributed by atoms with Gasteiger partial charge >= 0.3 is 0 Å². The molecule has 0 spiro atoms. The van der Waals surface area contributed by atoms with Crippen molar-refractivity contribution in [2.45, 2.75) is 5.16 Å². The Morgan fingerprint density at radius 1 is 1.10 bits per heavy atom. The Labute approximate surface area is 120 Å². The maximum absolute atomic E-state index is 11.9. The zero-order valence-electron chi connectivity index (χ0n) is 10.6. The maximum Gasteiger partial charge on any atom is 0.234 e. The summed E-state index contributed by atoms with van der Waals surface area (Å²) in [5.41, 5.74) is 1.57. The van der Waals surface area contributed by atoms with Crippen LogP contribution in [0.15, 0.2) is 59.9 Å². The number of rotatable bonds is 4. The first kappa shape index (κ1) is 12.7. The largest absolute Gasteiger partial charge is 0.325 e. The molecule has 0 aliphatic rings. The summed E-state index contributed by atoms with van der Waals surface area (Å²) < 4.78 is 1.86. The predicted molar refractivity (Wildman–Crippen MR) is 78.8 cm³/mol. The highest BCUT2D eigenvalue weighted by Crippen LogP contribution is 2.17. The Kier molecular flexibility index (Phi) is 3.64.